The number of carbonyl (C=O) groups excluding carboxylic acids is 1. The van der Waals surface area contributed by atoms with Gasteiger partial charge in [-0.25, -0.2) is 8.42 Å². The van der Waals surface area contributed by atoms with Crippen LogP contribution in [0.25, 0.3) is 4.91 Å². The summed E-state index contributed by atoms with van der Waals surface area (Å²) >= 11 is 0. The summed E-state index contributed by atoms with van der Waals surface area (Å²) in [5, 5.41) is 8.93. The van der Waals surface area contributed by atoms with Crippen LogP contribution in [-0.4, -0.2) is 19.3 Å². The fourth-order valence-corrected chi connectivity index (χ4v) is 5.03. The van der Waals surface area contributed by atoms with E-state index in [2.05, 4.69) is 0 Å². The van der Waals surface area contributed by atoms with Gasteiger partial charge in [0.2, 0.25) is 5.78 Å². The molecule has 2 aromatic rings. The van der Waals surface area contributed by atoms with Crippen LogP contribution in [0.15, 0.2) is 42.2 Å². The molecule has 0 radical (unpaired) electrons. The van der Waals surface area contributed by atoms with Crippen LogP contribution in [0, 0.1) is 27.7 Å². The molecule has 1 heterocycles. The zero-order valence-electron chi connectivity index (χ0n) is 14.6. The molecule has 25 heavy (non-hydrogen) atoms. The maximum Gasteiger partial charge on any atom is 0.221 e. The van der Waals surface area contributed by atoms with E-state index in [1.165, 1.54) is 0 Å². The molecule has 3 rings (SSSR count). The number of aliphatic hydroxyl groups excluding tert-OH is 1. The maximum atomic E-state index is 13.1. The number of hydrogen-bond acceptors (Lipinski definition) is 4. The van der Waals surface area contributed by atoms with Crippen molar-refractivity contribution in [2.75, 3.05) is 0 Å². The summed E-state index contributed by atoms with van der Waals surface area (Å²) in [6.07, 6.45) is 0. The zero-order chi connectivity index (χ0) is 18.5. The van der Waals surface area contributed by atoms with Gasteiger partial charge in [-0.1, -0.05) is 36.4 Å². The van der Waals surface area contributed by atoms with Crippen LogP contribution in [0.4, 0.5) is 0 Å². The molecule has 1 aliphatic rings. The third kappa shape index (κ3) is 2.68. The number of rotatable bonds is 2. The number of ketones is 1. The molecule has 0 aliphatic carbocycles. The second kappa shape index (κ2) is 5.85. The number of sulfone groups is 1. The van der Waals surface area contributed by atoms with E-state index in [1.807, 2.05) is 27.7 Å². The number of benzene rings is 2. The summed E-state index contributed by atoms with van der Waals surface area (Å²) < 4.78 is 26.1. The van der Waals surface area contributed by atoms with Gasteiger partial charge in [-0.05, 0) is 61.1 Å². The van der Waals surface area contributed by atoms with Crippen molar-refractivity contribution in [3.05, 3.63) is 75.5 Å². The molecule has 0 saturated carbocycles. The molecule has 2 aromatic carbocycles. The molecule has 0 aromatic heterocycles. The summed E-state index contributed by atoms with van der Waals surface area (Å²) in [5.41, 5.74) is 4.56. The number of allylic oxidation sites excluding steroid dienone is 1. The van der Waals surface area contributed by atoms with Crippen LogP contribution in [0.2, 0.25) is 0 Å². The Morgan fingerprint density at radius 2 is 1.40 bits per heavy atom. The van der Waals surface area contributed by atoms with Gasteiger partial charge >= 0.3 is 0 Å². The topological polar surface area (TPSA) is 71.4 Å². The Hall–Kier alpha value is -2.40. The largest absolute Gasteiger partial charge is 0.503 e. The summed E-state index contributed by atoms with van der Waals surface area (Å²) in [7, 11) is -4.01. The van der Waals surface area contributed by atoms with E-state index in [0.717, 1.165) is 22.3 Å². The first-order chi connectivity index (χ1) is 11.6. The van der Waals surface area contributed by atoms with Crippen molar-refractivity contribution >= 4 is 20.5 Å². The van der Waals surface area contributed by atoms with Crippen LogP contribution >= 0.6 is 0 Å². The van der Waals surface area contributed by atoms with Gasteiger partial charge in [-0.3, -0.25) is 4.79 Å². The quantitative estimate of drug-likeness (QED) is 0.886. The van der Waals surface area contributed by atoms with Crippen LogP contribution in [0.3, 0.4) is 0 Å². The molecular weight excluding hydrogens is 336 g/mol. The molecule has 0 saturated heterocycles. The van der Waals surface area contributed by atoms with Gasteiger partial charge in [0, 0.05) is 0 Å². The minimum absolute atomic E-state index is 0.274. The van der Waals surface area contributed by atoms with Gasteiger partial charge in [0.25, 0.3) is 0 Å². The van der Waals surface area contributed by atoms with Gasteiger partial charge in [-0.2, -0.15) is 0 Å². The van der Waals surface area contributed by atoms with E-state index in [-0.39, 0.29) is 4.91 Å². The fourth-order valence-electron chi connectivity index (χ4n) is 3.07. The predicted octanol–water partition coefficient (Wildman–Crippen LogP) is 3.89. The second-order valence-electron chi connectivity index (χ2n) is 6.61. The van der Waals surface area contributed by atoms with E-state index in [1.54, 1.807) is 36.4 Å². The highest BCUT2D eigenvalue weighted by molar-refractivity contribution is 8.02. The SMILES string of the molecule is Cc1ccc(C2=C(O)C(=O)C(c3ccc(C)c(C)c3)S2(=O)=O)cc1C. The van der Waals surface area contributed by atoms with Crippen LogP contribution in [-0.2, 0) is 14.6 Å². The molecule has 0 fully saturated rings. The normalized spacial score (nSPS) is 19.5. The lowest BCUT2D eigenvalue weighted by atomic mass is 10.0. The number of aliphatic hydroxyl groups is 1. The second-order valence-corrected chi connectivity index (χ2v) is 8.58. The third-order valence-electron chi connectivity index (χ3n) is 4.88. The number of carbonyl (C=O) groups is 1. The Balaban J connectivity index is 2.17. The standard InChI is InChI=1S/C20H20O4S/c1-11-5-7-15(9-13(11)3)19-17(21)18(22)20(25(19,23)24)16-8-6-12(2)14(4)10-16/h5-10,19,22H,1-4H3. The smallest absolute Gasteiger partial charge is 0.221 e. The number of hydrogen-bond donors (Lipinski definition) is 1. The van der Waals surface area contributed by atoms with Gasteiger partial charge in [-0.15, -0.1) is 0 Å². The average molecular weight is 356 g/mol. The van der Waals surface area contributed by atoms with Crippen molar-refractivity contribution in [3.63, 3.8) is 0 Å². The molecule has 1 atom stereocenters. The Bertz CT molecular complexity index is 1030. The van der Waals surface area contributed by atoms with E-state index in [4.69, 9.17) is 0 Å². The Morgan fingerprint density at radius 3 is 1.96 bits per heavy atom. The van der Waals surface area contributed by atoms with E-state index < -0.39 is 26.6 Å². The molecular formula is C20H20O4S. The number of aryl methyl sites for hydroxylation is 4. The third-order valence-corrected chi connectivity index (χ3v) is 6.99. The first-order valence-corrected chi connectivity index (χ1v) is 9.55. The first-order valence-electron chi connectivity index (χ1n) is 8.00. The summed E-state index contributed by atoms with van der Waals surface area (Å²) in [5.74, 6) is -1.44. The highest BCUT2D eigenvalue weighted by Gasteiger charge is 2.48. The Kier molecular flexibility index (Phi) is 4.07. The molecule has 1 N–H and O–H groups in total. The van der Waals surface area contributed by atoms with Crippen LogP contribution in [0.1, 0.15) is 38.6 Å². The summed E-state index contributed by atoms with van der Waals surface area (Å²) in [6, 6.07) is 10.2. The zero-order valence-corrected chi connectivity index (χ0v) is 15.4. The Labute approximate surface area is 147 Å². The van der Waals surface area contributed by atoms with Crippen molar-refractivity contribution in [2.24, 2.45) is 0 Å². The predicted molar refractivity (Wildman–Crippen MR) is 98.0 cm³/mol. The molecule has 0 amide bonds. The van der Waals surface area contributed by atoms with Gasteiger partial charge in [0.05, 0.1) is 0 Å². The van der Waals surface area contributed by atoms with Crippen molar-refractivity contribution in [2.45, 2.75) is 32.9 Å². The van der Waals surface area contributed by atoms with E-state index in [9.17, 15) is 18.3 Å². The minimum Gasteiger partial charge on any atom is -0.503 e. The van der Waals surface area contributed by atoms with Crippen molar-refractivity contribution < 1.29 is 18.3 Å². The summed E-state index contributed by atoms with van der Waals surface area (Å²) in [6.45, 7) is 7.56. The average Bonchev–Trinajstić information content (AvgIpc) is 2.71. The van der Waals surface area contributed by atoms with Gasteiger partial charge < -0.3 is 5.11 Å². The van der Waals surface area contributed by atoms with Crippen molar-refractivity contribution in [3.8, 4) is 0 Å². The number of Topliss-reactive ketones (excluding diaryl/α,β-unsaturated/α-hetero) is 1. The van der Waals surface area contributed by atoms with Gasteiger partial charge in [0.1, 0.15) is 4.91 Å². The van der Waals surface area contributed by atoms with E-state index in [0.29, 0.717) is 11.1 Å². The molecule has 0 bridgehead atoms. The van der Waals surface area contributed by atoms with Crippen LogP contribution < -0.4 is 0 Å². The monoisotopic (exact) mass is 356 g/mol. The van der Waals surface area contributed by atoms with Crippen molar-refractivity contribution in [1.29, 1.82) is 0 Å². The Morgan fingerprint density at radius 1 is 0.840 bits per heavy atom. The molecule has 5 heteroatoms. The molecule has 130 valence electrons. The maximum absolute atomic E-state index is 13.1. The minimum atomic E-state index is -4.01. The summed E-state index contributed by atoms with van der Waals surface area (Å²) in [4.78, 5) is 12.3. The highest BCUT2D eigenvalue weighted by atomic mass is 32.2. The van der Waals surface area contributed by atoms with Gasteiger partial charge in [0.15, 0.2) is 20.8 Å². The first kappa shape index (κ1) is 17.4. The lowest BCUT2D eigenvalue weighted by Gasteiger charge is -2.13. The fraction of sp³-hybridized carbons (Fsp3) is 0.250. The van der Waals surface area contributed by atoms with Crippen molar-refractivity contribution in [1.82, 2.24) is 0 Å². The molecule has 1 unspecified atom stereocenters. The molecule has 0 spiro atoms. The molecule has 4 nitrogen and oxygen atoms in total. The van der Waals surface area contributed by atoms with E-state index >= 15 is 0 Å². The van der Waals surface area contributed by atoms with Crippen LogP contribution in [0.5, 0.6) is 0 Å². The lowest BCUT2D eigenvalue weighted by molar-refractivity contribution is -0.117. The highest BCUT2D eigenvalue weighted by Crippen LogP contribution is 2.43. The lowest BCUT2D eigenvalue weighted by Crippen LogP contribution is -2.16. The molecule has 1 aliphatic heterocycles.